The van der Waals surface area contributed by atoms with E-state index in [2.05, 4.69) is 5.32 Å². The molecule has 6 heteroatoms. The highest BCUT2D eigenvalue weighted by Gasteiger charge is 2.22. The van der Waals surface area contributed by atoms with Crippen molar-refractivity contribution in [3.8, 4) is 0 Å². The number of esters is 1. The number of halogens is 1. The van der Waals surface area contributed by atoms with Gasteiger partial charge in [0.1, 0.15) is 0 Å². The molecule has 0 spiro atoms. The Morgan fingerprint density at radius 3 is 2.64 bits per heavy atom. The van der Waals surface area contributed by atoms with E-state index in [1.165, 1.54) is 18.4 Å². The first-order valence-electron chi connectivity index (χ1n) is 6.69. The van der Waals surface area contributed by atoms with Gasteiger partial charge >= 0.3 is 5.97 Å². The Kier molecular flexibility index (Phi) is 5.57. The van der Waals surface area contributed by atoms with Crippen molar-refractivity contribution >= 4 is 34.8 Å². The minimum Gasteiger partial charge on any atom is -0.469 e. The normalized spacial score (nSPS) is 11.8. The lowest BCUT2D eigenvalue weighted by atomic mass is 10.0. The van der Waals surface area contributed by atoms with Gasteiger partial charge in [0.25, 0.3) is 5.91 Å². The molecule has 22 heavy (non-hydrogen) atoms. The summed E-state index contributed by atoms with van der Waals surface area (Å²) in [4.78, 5) is 24.7. The molecule has 1 heterocycles. The third-order valence-corrected chi connectivity index (χ3v) is 4.61. The van der Waals surface area contributed by atoms with Crippen molar-refractivity contribution in [3.63, 3.8) is 0 Å². The summed E-state index contributed by atoms with van der Waals surface area (Å²) in [5.41, 5.74) is 1.59. The number of ether oxygens (including phenoxy) is 1. The molecule has 0 aliphatic rings. The number of hydrogen-bond donors (Lipinski definition) is 1. The molecule has 0 saturated heterocycles. The Morgan fingerprint density at radius 1 is 1.32 bits per heavy atom. The van der Waals surface area contributed by atoms with Gasteiger partial charge in [-0.3, -0.25) is 9.59 Å². The zero-order chi connectivity index (χ0) is 16.1. The van der Waals surface area contributed by atoms with Crippen LogP contribution in [-0.4, -0.2) is 19.0 Å². The average Bonchev–Trinajstić information content (AvgIpc) is 2.93. The maximum atomic E-state index is 12.4. The van der Waals surface area contributed by atoms with Crippen LogP contribution in [0.4, 0.5) is 0 Å². The predicted octanol–water partition coefficient (Wildman–Crippen LogP) is 3.74. The van der Waals surface area contributed by atoms with E-state index in [1.807, 2.05) is 24.4 Å². The van der Waals surface area contributed by atoms with Crippen molar-refractivity contribution < 1.29 is 14.3 Å². The summed E-state index contributed by atoms with van der Waals surface area (Å²) in [6.45, 7) is 1.87. The van der Waals surface area contributed by atoms with Crippen LogP contribution in [0.25, 0.3) is 0 Å². The van der Waals surface area contributed by atoms with Gasteiger partial charge in [0.15, 0.2) is 0 Å². The Bertz CT molecular complexity index is 684. The summed E-state index contributed by atoms with van der Waals surface area (Å²) in [6.07, 6.45) is 0.0242. The third-order valence-electron chi connectivity index (χ3n) is 3.25. The van der Waals surface area contributed by atoms with Gasteiger partial charge in [-0.15, -0.1) is 11.3 Å². The number of amides is 1. The molecule has 0 aliphatic heterocycles. The van der Waals surface area contributed by atoms with Crippen LogP contribution in [0.5, 0.6) is 0 Å². The van der Waals surface area contributed by atoms with Crippen molar-refractivity contribution in [2.24, 2.45) is 0 Å². The van der Waals surface area contributed by atoms with Gasteiger partial charge in [0.05, 0.1) is 24.4 Å². The lowest BCUT2D eigenvalue weighted by molar-refractivity contribution is -0.141. The Labute approximate surface area is 138 Å². The highest BCUT2D eigenvalue weighted by Crippen LogP contribution is 2.26. The molecular formula is C16H16ClNO3S. The Hall–Kier alpha value is -1.85. The van der Waals surface area contributed by atoms with E-state index >= 15 is 0 Å². The van der Waals surface area contributed by atoms with Crippen LogP contribution >= 0.6 is 22.9 Å². The summed E-state index contributed by atoms with van der Waals surface area (Å²) in [6, 6.07) is 8.47. The second-order valence-corrected chi connectivity index (χ2v) is 6.08. The largest absolute Gasteiger partial charge is 0.469 e. The summed E-state index contributed by atoms with van der Waals surface area (Å²) in [7, 11) is 1.32. The van der Waals surface area contributed by atoms with Gasteiger partial charge in [-0.2, -0.15) is 0 Å². The number of aryl methyl sites for hydroxylation is 1. The van der Waals surface area contributed by atoms with Gasteiger partial charge in [0.2, 0.25) is 0 Å². The molecule has 1 aromatic carbocycles. The Balaban J connectivity index is 2.25. The highest BCUT2D eigenvalue weighted by atomic mass is 35.5. The highest BCUT2D eigenvalue weighted by molar-refractivity contribution is 7.12. The van der Waals surface area contributed by atoms with Crippen molar-refractivity contribution in [1.82, 2.24) is 5.32 Å². The molecule has 1 N–H and O–H groups in total. The van der Waals surface area contributed by atoms with Crippen molar-refractivity contribution in [3.05, 3.63) is 56.7 Å². The molecule has 1 aromatic heterocycles. The summed E-state index contributed by atoms with van der Waals surface area (Å²) in [5.74, 6) is -0.630. The smallest absolute Gasteiger partial charge is 0.307 e. The van der Waals surface area contributed by atoms with Crippen LogP contribution in [0.2, 0.25) is 5.02 Å². The monoisotopic (exact) mass is 337 g/mol. The van der Waals surface area contributed by atoms with Crippen molar-refractivity contribution in [1.29, 1.82) is 0 Å². The molecule has 116 valence electrons. The van der Waals surface area contributed by atoms with Crippen LogP contribution in [0.1, 0.15) is 33.3 Å². The number of thiophene rings is 1. The lowest BCUT2D eigenvalue weighted by Crippen LogP contribution is -2.30. The minimum absolute atomic E-state index is 0.0242. The second-order valence-electron chi connectivity index (χ2n) is 4.76. The maximum Gasteiger partial charge on any atom is 0.307 e. The molecule has 0 aliphatic carbocycles. The molecule has 2 aromatic rings. The molecule has 0 fully saturated rings. The van der Waals surface area contributed by atoms with Crippen LogP contribution in [0, 0.1) is 6.92 Å². The fourth-order valence-electron chi connectivity index (χ4n) is 2.08. The van der Waals surface area contributed by atoms with Gasteiger partial charge in [-0.05, 0) is 35.6 Å². The van der Waals surface area contributed by atoms with E-state index < -0.39 is 12.0 Å². The van der Waals surface area contributed by atoms with E-state index in [1.54, 1.807) is 18.2 Å². The van der Waals surface area contributed by atoms with Crippen LogP contribution in [0.15, 0.2) is 35.7 Å². The minimum atomic E-state index is -0.532. The first kappa shape index (κ1) is 16.5. The van der Waals surface area contributed by atoms with Crippen LogP contribution < -0.4 is 5.32 Å². The molecule has 1 amide bonds. The number of benzene rings is 1. The number of methoxy groups -OCH3 is 1. The van der Waals surface area contributed by atoms with Gasteiger partial charge < -0.3 is 10.1 Å². The SMILES string of the molecule is COC(=O)CC(NC(=O)c1sccc1C)c1ccccc1Cl. The van der Waals surface area contributed by atoms with Crippen molar-refractivity contribution in [2.45, 2.75) is 19.4 Å². The van der Waals surface area contributed by atoms with E-state index in [0.29, 0.717) is 15.5 Å². The molecule has 2 rings (SSSR count). The van der Waals surface area contributed by atoms with E-state index in [-0.39, 0.29) is 12.3 Å². The number of hydrogen-bond acceptors (Lipinski definition) is 4. The van der Waals surface area contributed by atoms with Crippen molar-refractivity contribution in [2.75, 3.05) is 7.11 Å². The van der Waals surface area contributed by atoms with Gasteiger partial charge in [-0.1, -0.05) is 29.8 Å². The quantitative estimate of drug-likeness (QED) is 0.845. The third kappa shape index (κ3) is 3.87. The number of rotatable bonds is 5. The molecule has 0 radical (unpaired) electrons. The average molecular weight is 338 g/mol. The second kappa shape index (κ2) is 7.42. The van der Waals surface area contributed by atoms with E-state index in [4.69, 9.17) is 16.3 Å². The predicted molar refractivity (Wildman–Crippen MR) is 87.3 cm³/mol. The van der Waals surface area contributed by atoms with E-state index in [0.717, 1.165) is 5.56 Å². The first-order chi connectivity index (χ1) is 10.5. The van der Waals surface area contributed by atoms with Crippen LogP contribution in [-0.2, 0) is 9.53 Å². The lowest BCUT2D eigenvalue weighted by Gasteiger charge is -2.19. The number of carbonyl (C=O) groups excluding carboxylic acids is 2. The number of nitrogens with one attached hydrogen (secondary N) is 1. The molecule has 1 atom stereocenters. The fraction of sp³-hybridized carbons (Fsp3) is 0.250. The number of carbonyl (C=O) groups is 2. The standard InChI is InChI=1S/C16H16ClNO3S/c1-10-7-8-22-15(10)16(20)18-13(9-14(19)21-2)11-5-3-4-6-12(11)17/h3-8,13H,9H2,1-2H3,(H,18,20). The topological polar surface area (TPSA) is 55.4 Å². The molecule has 0 saturated carbocycles. The molecular weight excluding hydrogens is 322 g/mol. The molecule has 0 bridgehead atoms. The van der Waals surface area contributed by atoms with Gasteiger partial charge in [0, 0.05) is 5.02 Å². The summed E-state index contributed by atoms with van der Waals surface area (Å²) in [5, 5.41) is 5.22. The summed E-state index contributed by atoms with van der Waals surface area (Å²) < 4.78 is 4.71. The molecule has 1 unspecified atom stereocenters. The maximum absolute atomic E-state index is 12.4. The zero-order valence-electron chi connectivity index (χ0n) is 12.3. The Morgan fingerprint density at radius 2 is 2.05 bits per heavy atom. The first-order valence-corrected chi connectivity index (χ1v) is 7.95. The van der Waals surface area contributed by atoms with Gasteiger partial charge in [-0.25, -0.2) is 0 Å². The zero-order valence-corrected chi connectivity index (χ0v) is 13.8. The molecule has 4 nitrogen and oxygen atoms in total. The van der Waals surface area contributed by atoms with E-state index in [9.17, 15) is 9.59 Å². The van der Waals surface area contributed by atoms with Crippen LogP contribution in [0.3, 0.4) is 0 Å². The summed E-state index contributed by atoms with van der Waals surface area (Å²) >= 11 is 7.55. The fourth-order valence-corrected chi connectivity index (χ4v) is 3.17.